The summed E-state index contributed by atoms with van der Waals surface area (Å²) in [7, 11) is 3.86. The van der Waals surface area contributed by atoms with Gasteiger partial charge in [-0.25, -0.2) is 4.98 Å². The second-order valence-corrected chi connectivity index (χ2v) is 5.99. The maximum atomic E-state index is 12.5. The van der Waals surface area contributed by atoms with Crippen molar-refractivity contribution in [3.63, 3.8) is 0 Å². The number of amides is 1. The van der Waals surface area contributed by atoms with E-state index in [1.165, 1.54) is 6.20 Å². The number of imidazole rings is 1. The average Bonchev–Trinajstić information content (AvgIpc) is 3.04. The van der Waals surface area contributed by atoms with Crippen LogP contribution in [0.4, 0.5) is 13.2 Å². The number of carbonyl (C=O) groups is 1. The van der Waals surface area contributed by atoms with Crippen LogP contribution >= 0.6 is 0 Å². The Bertz CT molecular complexity index is 544. The number of likely N-dealkylation sites (tertiary alicyclic amines) is 1. The maximum Gasteiger partial charge on any atom is 0.406 e. The molecule has 1 N–H and O–H groups in total. The Kier molecular flexibility index (Phi) is 5.30. The third-order valence-corrected chi connectivity index (χ3v) is 4.01. The molecule has 0 saturated carbocycles. The van der Waals surface area contributed by atoms with E-state index in [1.807, 2.05) is 19.0 Å². The highest BCUT2D eigenvalue weighted by atomic mass is 19.4. The van der Waals surface area contributed by atoms with Crippen LogP contribution in [0.2, 0.25) is 0 Å². The molecule has 23 heavy (non-hydrogen) atoms. The molecule has 0 bridgehead atoms. The van der Waals surface area contributed by atoms with Crippen molar-refractivity contribution in [3.8, 4) is 0 Å². The SMILES string of the molecule is CN(C)[C@@H]1CCN(C(=O)CC(O)c2nccn2CC(F)(F)F)C1. The van der Waals surface area contributed by atoms with Crippen LogP contribution in [0.25, 0.3) is 0 Å². The summed E-state index contributed by atoms with van der Waals surface area (Å²) in [5.41, 5.74) is 0. The molecule has 1 aromatic rings. The Morgan fingerprint density at radius 1 is 1.52 bits per heavy atom. The summed E-state index contributed by atoms with van der Waals surface area (Å²) >= 11 is 0. The molecule has 1 fully saturated rings. The molecule has 1 amide bonds. The number of rotatable bonds is 5. The molecule has 130 valence electrons. The van der Waals surface area contributed by atoms with E-state index in [9.17, 15) is 23.1 Å². The van der Waals surface area contributed by atoms with Crippen molar-refractivity contribution in [2.24, 2.45) is 0 Å². The number of carbonyl (C=O) groups excluding carboxylic acids is 1. The zero-order valence-electron chi connectivity index (χ0n) is 13.1. The van der Waals surface area contributed by atoms with Gasteiger partial charge in [0.15, 0.2) is 0 Å². The van der Waals surface area contributed by atoms with Gasteiger partial charge >= 0.3 is 6.18 Å². The predicted octanol–water partition coefficient (Wildman–Crippen LogP) is 1.03. The fraction of sp³-hybridized carbons (Fsp3) is 0.714. The van der Waals surface area contributed by atoms with Gasteiger partial charge in [-0.15, -0.1) is 0 Å². The van der Waals surface area contributed by atoms with Crippen LogP contribution in [0.5, 0.6) is 0 Å². The molecule has 9 heteroatoms. The summed E-state index contributed by atoms with van der Waals surface area (Å²) in [5.74, 6) is -0.414. The minimum atomic E-state index is -4.41. The molecule has 0 radical (unpaired) electrons. The van der Waals surface area contributed by atoms with Crippen molar-refractivity contribution in [1.29, 1.82) is 0 Å². The van der Waals surface area contributed by atoms with Gasteiger partial charge in [-0.1, -0.05) is 0 Å². The summed E-state index contributed by atoms with van der Waals surface area (Å²) in [6.07, 6.45) is -2.85. The monoisotopic (exact) mass is 334 g/mol. The van der Waals surface area contributed by atoms with Crippen molar-refractivity contribution < 1.29 is 23.1 Å². The minimum absolute atomic E-state index is 0.140. The molecule has 1 unspecified atom stereocenters. The lowest BCUT2D eigenvalue weighted by molar-refractivity contribution is -0.141. The molecule has 1 saturated heterocycles. The lowest BCUT2D eigenvalue weighted by atomic mass is 10.2. The van der Waals surface area contributed by atoms with Crippen LogP contribution in [-0.2, 0) is 11.3 Å². The second kappa shape index (κ2) is 6.88. The van der Waals surface area contributed by atoms with Gasteiger partial charge in [0, 0.05) is 31.5 Å². The fourth-order valence-corrected chi connectivity index (χ4v) is 2.72. The number of hydrogen-bond acceptors (Lipinski definition) is 4. The topological polar surface area (TPSA) is 61.6 Å². The fourth-order valence-electron chi connectivity index (χ4n) is 2.72. The van der Waals surface area contributed by atoms with E-state index in [0.29, 0.717) is 13.1 Å². The Morgan fingerprint density at radius 3 is 2.78 bits per heavy atom. The smallest absolute Gasteiger partial charge is 0.385 e. The van der Waals surface area contributed by atoms with Crippen LogP contribution in [0.1, 0.15) is 24.8 Å². The van der Waals surface area contributed by atoms with E-state index in [-0.39, 0.29) is 24.2 Å². The maximum absolute atomic E-state index is 12.5. The van der Waals surface area contributed by atoms with Crippen LogP contribution in [-0.4, -0.2) is 69.8 Å². The van der Waals surface area contributed by atoms with E-state index >= 15 is 0 Å². The largest absolute Gasteiger partial charge is 0.406 e. The standard InChI is InChI=1S/C14H21F3N4O2/c1-19(2)10-3-5-20(8-10)12(23)7-11(22)13-18-4-6-21(13)9-14(15,16)17/h4,6,10-11,22H,3,5,7-9H2,1-2H3/t10-,11?/m1/s1. The van der Waals surface area contributed by atoms with Gasteiger partial charge in [-0.05, 0) is 20.5 Å². The van der Waals surface area contributed by atoms with Crippen LogP contribution in [0, 0.1) is 0 Å². The molecule has 2 atom stereocenters. The van der Waals surface area contributed by atoms with Crippen LogP contribution in [0.3, 0.4) is 0 Å². The summed E-state index contributed by atoms with van der Waals surface area (Å²) in [5, 5.41) is 10.1. The molecule has 0 spiro atoms. The normalized spacial score (nSPS) is 20.3. The number of alkyl halides is 3. The zero-order chi connectivity index (χ0) is 17.2. The van der Waals surface area contributed by atoms with E-state index < -0.39 is 18.8 Å². The highest BCUT2D eigenvalue weighted by Crippen LogP contribution is 2.23. The first-order valence-corrected chi connectivity index (χ1v) is 7.37. The molecule has 1 aliphatic rings. The molecule has 2 rings (SSSR count). The highest BCUT2D eigenvalue weighted by Gasteiger charge is 2.32. The van der Waals surface area contributed by atoms with Crippen molar-refractivity contribution in [2.75, 3.05) is 27.2 Å². The van der Waals surface area contributed by atoms with Gasteiger partial charge in [0.1, 0.15) is 18.5 Å². The summed E-state index contributed by atoms with van der Waals surface area (Å²) in [6.45, 7) is -0.0824. The molecule has 1 aliphatic heterocycles. The summed E-state index contributed by atoms with van der Waals surface area (Å²) in [4.78, 5) is 19.6. The average molecular weight is 334 g/mol. The van der Waals surface area contributed by atoms with E-state index in [2.05, 4.69) is 4.98 Å². The van der Waals surface area contributed by atoms with E-state index in [1.54, 1.807) is 4.90 Å². The number of nitrogens with zero attached hydrogens (tertiary/aromatic N) is 4. The van der Waals surface area contributed by atoms with Crippen molar-refractivity contribution >= 4 is 5.91 Å². The lowest BCUT2D eigenvalue weighted by Crippen LogP contribution is -2.35. The van der Waals surface area contributed by atoms with E-state index in [0.717, 1.165) is 17.2 Å². The first-order chi connectivity index (χ1) is 10.7. The zero-order valence-corrected chi connectivity index (χ0v) is 13.1. The molecule has 0 aromatic carbocycles. The van der Waals surface area contributed by atoms with Gasteiger partial charge in [0.25, 0.3) is 0 Å². The number of aliphatic hydroxyl groups is 1. The Hall–Kier alpha value is -1.61. The molecule has 0 aliphatic carbocycles. The molecule has 2 heterocycles. The Morgan fingerprint density at radius 2 is 2.22 bits per heavy atom. The van der Waals surface area contributed by atoms with E-state index in [4.69, 9.17) is 0 Å². The third-order valence-electron chi connectivity index (χ3n) is 4.01. The highest BCUT2D eigenvalue weighted by molar-refractivity contribution is 5.77. The first kappa shape index (κ1) is 17.7. The van der Waals surface area contributed by atoms with Gasteiger partial charge < -0.3 is 19.5 Å². The van der Waals surface area contributed by atoms with Gasteiger partial charge in [-0.2, -0.15) is 13.2 Å². The lowest BCUT2D eigenvalue weighted by Gasteiger charge is -2.21. The Labute approximate surface area is 132 Å². The van der Waals surface area contributed by atoms with Crippen molar-refractivity contribution in [1.82, 2.24) is 19.4 Å². The molecule has 6 nitrogen and oxygen atoms in total. The summed E-state index contributed by atoms with van der Waals surface area (Å²) < 4.78 is 38.3. The van der Waals surface area contributed by atoms with Gasteiger partial charge in [-0.3, -0.25) is 4.79 Å². The number of aliphatic hydroxyl groups excluding tert-OH is 1. The first-order valence-electron chi connectivity index (χ1n) is 7.37. The van der Waals surface area contributed by atoms with Crippen molar-refractivity contribution in [2.45, 2.75) is 37.7 Å². The predicted molar refractivity (Wildman–Crippen MR) is 76.5 cm³/mol. The molecule has 1 aromatic heterocycles. The number of hydrogen-bond donors (Lipinski definition) is 1. The van der Waals surface area contributed by atoms with Gasteiger partial charge in [0.2, 0.25) is 5.91 Å². The number of aromatic nitrogens is 2. The minimum Gasteiger partial charge on any atom is -0.385 e. The van der Waals surface area contributed by atoms with Crippen molar-refractivity contribution in [3.05, 3.63) is 18.2 Å². The van der Waals surface area contributed by atoms with Gasteiger partial charge in [0.05, 0.1) is 6.42 Å². The van der Waals surface area contributed by atoms with Crippen LogP contribution < -0.4 is 0 Å². The number of likely N-dealkylation sites (N-methyl/N-ethyl adjacent to an activating group) is 1. The summed E-state index contributed by atoms with van der Waals surface area (Å²) in [6, 6.07) is 0.267. The molecular weight excluding hydrogens is 313 g/mol. The third kappa shape index (κ3) is 4.68. The quantitative estimate of drug-likeness (QED) is 0.874. The number of halogens is 3. The van der Waals surface area contributed by atoms with Crippen LogP contribution in [0.15, 0.2) is 12.4 Å². The Balaban J connectivity index is 1.96. The second-order valence-electron chi connectivity index (χ2n) is 5.99. The molecular formula is C14H21F3N4O2.